The summed E-state index contributed by atoms with van der Waals surface area (Å²) in [5, 5.41) is 0. The first kappa shape index (κ1) is 16.7. The average molecular weight is 102 g/mol. The Hall–Kier alpha value is 0. The fraction of sp³-hybridized carbons (Fsp3) is 1.00. The summed E-state index contributed by atoms with van der Waals surface area (Å²) in [6.45, 7) is 4.00. The van der Waals surface area contributed by atoms with Gasteiger partial charge in [-0.15, -0.1) is 0 Å². The molecule has 0 aliphatic heterocycles. The monoisotopic (exact) mass is 102 g/mol. The summed E-state index contributed by atoms with van der Waals surface area (Å²) in [7, 11) is 2.50. The Morgan fingerprint density at radius 1 is 1.00 bits per heavy atom. The fourth-order valence-electron chi connectivity index (χ4n) is 0. The van der Waals surface area contributed by atoms with Crippen LogP contribution in [0.2, 0.25) is 0 Å². The second-order valence-electron chi connectivity index (χ2n) is 0. The first-order chi connectivity index (χ1) is 3.00. The van der Waals surface area contributed by atoms with E-state index in [-0.39, 0.29) is 17.7 Å². The highest BCUT2D eigenvalue weighted by atomic mass is 13.0. The molecule has 0 aromatic heterocycles. The van der Waals surface area contributed by atoms with Gasteiger partial charge in [0.15, 0.2) is 0 Å². The SMILES string of the molecule is C.C.CC.[2HH].[2HH].[2H]C.[2H]C. The lowest BCUT2D eigenvalue weighted by molar-refractivity contribution is 1.50. The van der Waals surface area contributed by atoms with E-state index in [1.165, 1.54) is 14.8 Å². The lowest BCUT2D eigenvalue weighted by atomic mass is 11.0. The predicted octanol–water partition coefficient (Wildman–Crippen LogP) is 4.06. The molecule has 0 unspecified atom stereocenters. The molecular weight excluding hydrogens is 72.1 g/mol. The number of hydrogen-bond donors (Lipinski definition) is 0. The highest BCUT2D eigenvalue weighted by Gasteiger charge is 0.932. The van der Waals surface area contributed by atoms with Gasteiger partial charge in [-0.2, -0.15) is 0 Å². The molecule has 0 aromatic carbocycles. The third-order valence-electron chi connectivity index (χ3n) is 0. The average Bonchev–Trinajstić information content (AvgIpc) is 1.81. The molecule has 50 valence electrons. The van der Waals surface area contributed by atoms with Crippen LogP contribution in [0.4, 0.5) is 0 Å². The van der Waals surface area contributed by atoms with E-state index in [1.807, 2.05) is 13.8 Å². The molecule has 0 heterocycles. The maximum absolute atomic E-state index is 5.75. The minimum absolute atomic E-state index is 0. The van der Waals surface area contributed by atoms with Crippen molar-refractivity contribution in [1.82, 2.24) is 0 Å². The number of hydrogen-bond acceptors (Lipinski definition) is 0. The minimum Gasteiger partial charge on any atom is -0.0776 e. The molecule has 0 heteroatoms. The molecule has 0 fully saturated rings. The minimum atomic E-state index is 0. The Kier molecular flexibility index (Phi) is 0. The van der Waals surface area contributed by atoms with Crippen LogP contribution in [0.25, 0.3) is 0 Å². The predicted molar refractivity (Wildman–Crippen MR) is 42.5 cm³/mol. The Morgan fingerprint density at radius 2 is 1.00 bits per heavy atom. The first-order valence-electron chi connectivity index (χ1n) is 3.00. The summed E-state index contributed by atoms with van der Waals surface area (Å²) in [4.78, 5) is 0. The van der Waals surface area contributed by atoms with Crippen molar-refractivity contribution >= 4 is 0 Å². The molecule has 0 aliphatic rings. The molecule has 0 aliphatic carbocycles. The molecule has 0 radical (unpaired) electrons. The van der Waals surface area contributed by atoms with Crippen LogP contribution in [0, 0.1) is 0 Å². The third kappa shape index (κ3) is 0. The highest BCUT2D eigenvalue weighted by molar-refractivity contribution is 3.50. The zero-order valence-electron chi connectivity index (χ0n) is 6.00. The van der Waals surface area contributed by atoms with Crippen molar-refractivity contribution in [3.8, 4) is 0 Å². The van der Waals surface area contributed by atoms with Crippen LogP contribution in [-0.4, -0.2) is 0 Å². The van der Waals surface area contributed by atoms with E-state index in [4.69, 9.17) is 2.74 Å². The Bertz CT molecular complexity index is 9.71. The molecule has 0 aromatic rings. The summed E-state index contributed by atoms with van der Waals surface area (Å²) in [6.07, 6.45) is 0. The molecule has 0 saturated carbocycles. The lowest BCUT2D eigenvalue weighted by Gasteiger charge is -1.07. The largest absolute Gasteiger partial charge is 0.0776 e. The van der Waals surface area contributed by atoms with Crippen molar-refractivity contribution in [3.05, 3.63) is 0 Å². The normalized spacial score (nSPS) is 3.33. The van der Waals surface area contributed by atoms with Crippen molar-refractivity contribution < 1.29 is 5.59 Å². The Morgan fingerprint density at radius 3 is 1.00 bits per heavy atom. The van der Waals surface area contributed by atoms with Gasteiger partial charge in [0.1, 0.15) is 0 Å². The van der Waals surface area contributed by atoms with Gasteiger partial charge >= 0.3 is 0 Å². The van der Waals surface area contributed by atoms with E-state index < -0.39 is 0 Å². The molecule has 0 amide bonds. The first-order valence-corrected chi connectivity index (χ1v) is 1.00. The van der Waals surface area contributed by atoms with Crippen LogP contribution in [-0.2, 0) is 0 Å². The Balaban J connectivity index is -0.00000000225. The van der Waals surface area contributed by atoms with Crippen molar-refractivity contribution in [1.29, 1.82) is 0 Å². The molecule has 0 N–H and O–H groups in total. The van der Waals surface area contributed by atoms with Crippen LogP contribution >= 0.6 is 0 Å². The van der Waals surface area contributed by atoms with Crippen molar-refractivity contribution in [2.24, 2.45) is 0 Å². The summed E-state index contributed by atoms with van der Waals surface area (Å²) in [5.41, 5.74) is 0. The molecular formula is C6H26. The van der Waals surface area contributed by atoms with Gasteiger partial charge in [-0.1, -0.05) is 43.5 Å². The summed E-state index contributed by atoms with van der Waals surface area (Å²) in [6, 6.07) is 0. The van der Waals surface area contributed by atoms with Gasteiger partial charge in [0.05, 0.1) is 0 Å². The van der Waals surface area contributed by atoms with Gasteiger partial charge in [0.2, 0.25) is 0 Å². The van der Waals surface area contributed by atoms with Crippen LogP contribution in [0.3, 0.4) is 0 Å². The second kappa shape index (κ2) is 0. The highest BCUT2D eigenvalue weighted by Crippen LogP contribution is 1.14. The van der Waals surface area contributed by atoms with Crippen LogP contribution in [0.15, 0.2) is 0 Å². The van der Waals surface area contributed by atoms with Crippen LogP contribution in [0.1, 0.15) is 49.1 Å². The van der Waals surface area contributed by atoms with E-state index in [0.29, 0.717) is 0 Å². The Labute approximate surface area is 50.4 Å². The summed E-state index contributed by atoms with van der Waals surface area (Å²) >= 11 is 0. The zero-order valence-corrected chi connectivity index (χ0v) is 4.00. The summed E-state index contributed by atoms with van der Waals surface area (Å²) in [5.74, 6) is 0. The van der Waals surface area contributed by atoms with E-state index in [0.717, 1.165) is 0 Å². The van der Waals surface area contributed by atoms with Gasteiger partial charge in [0, 0.05) is 5.59 Å². The zero-order chi connectivity index (χ0) is 6.00. The van der Waals surface area contributed by atoms with Crippen LogP contribution < -0.4 is 0 Å². The van der Waals surface area contributed by atoms with Gasteiger partial charge in [0.25, 0.3) is 0 Å². The van der Waals surface area contributed by atoms with E-state index >= 15 is 0 Å². The molecule has 0 atom stereocenters. The summed E-state index contributed by atoms with van der Waals surface area (Å²) < 4.78 is 11.5. The van der Waals surface area contributed by atoms with Gasteiger partial charge < -0.3 is 0 Å². The molecule has 0 saturated heterocycles. The van der Waals surface area contributed by atoms with Crippen LogP contribution in [0.5, 0.6) is 0 Å². The molecule has 6 heavy (non-hydrogen) atoms. The van der Waals surface area contributed by atoms with E-state index in [2.05, 4.69) is 0 Å². The molecule has 0 rings (SSSR count). The van der Waals surface area contributed by atoms with Crippen molar-refractivity contribution in [2.45, 2.75) is 43.5 Å². The molecule has 0 bridgehead atoms. The smallest absolute Gasteiger partial charge is 0.0194 e. The van der Waals surface area contributed by atoms with Gasteiger partial charge in [-0.25, -0.2) is 0 Å². The topological polar surface area (TPSA) is 0 Å². The van der Waals surface area contributed by atoms with Crippen molar-refractivity contribution in [2.75, 3.05) is 0 Å². The second-order valence-corrected chi connectivity index (χ2v) is 0. The lowest BCUT2D eigenvalue weighted by Crippen LogP contribution is -0.856. The molecule has 0 spiro atoms. The van der Waals surface area contributed by atoms with Crippen molar-refractivity contribution in [3.63, 3.8) is 0 Å². The standard InChI is InChI=1S/C2H6.4CH4.2H2/c1-2;;;;;;/h1-2H3;4*1H4;2*1H/i;2*1D;;;2*1+1. The van der Waals surface area contributed by atoms with E-state index in [9.17, 15) is 0 Å². The van der Waals surface area contributed by atoms with Gasteiger partial charge in [-0.3, -0.25) is 0 Å². The quantitative estimate of drug-likeness (QED) is 0.432. The van der Waals surface area contributed by atoms with Gasteiger partial charge in [-0.05, 0) is 0 Å². The number of rotatable bonds is 0. The molecule has 0 nitrogen and oxygen atoms in total. The third-order valence-corrected chi connectivity index (χ3v) is 0. The maximum Gasteiger partial charge on any atom is 0.0194 e. The maximum atomic E-state index is 5.75. The fourth-order valence-corrected chi connectivity index (χ4v) is 0. The van der Waals surface area contributed by atoms with E-state index in [1.54, 1.807) is 0 Å².